The van der Waals surface area contributed by atoms with E-state index in [0.717, 1.165) is 42.7 Å². The van der Waals surface area contributed by atoms with Gasteiger partial charge in [0.15, 0.2) is 11.5 Å². The Labute approximate surface area is 166 Å². The van der Waals surface area contributed by atoms with E-state index in [-0.39, 0.29) is 24.8 Å². The molecule has 0 N–H and O–H groups in total. The van der Waals surface area contributed by atoms with E-state index in [9.17, 15) is 4.79 Å². The van der Waals surface area contributed by atoms with E-state index in [0.29, 0.717) is 13.2 Å². The van der Waals surface area contributed by atoms with Gasteiger partial charge in [0, 0.05) is 24.8 Å². The summed E-state index contributed by atoms with van der Waals surface area (Å²) in [6.07, 6.45) is 3.25. The van der Waals surface area contributed by atoms with E-state index in [2.05, 4.69) is 31.2 Å². The molecule has 2 aromatic rings. The van der Waals surface area contributed by atoms with E-state index < -0.39 is 0 Å². The number of hydrogen-bond donors (Lipinski definition) is 0. The van der Waals surface area contributed by atoms with Gasteiger partial charge in [-0.1, -0.05) is 42.5 Å². The van der Waals surface area contributed by atoms with Gasteiger partial charge in [-0.2, -0.15) is 0 Å². The average Bonchev–Trinajstić information content (AvgIpc) is 3.42. The lowest BCUT2D eigenvalue weighted by Gasteiger charge is -2.32. The van der Waals surface area contributed by atoms with Crippen LogP contribution in [0.15, 0.2) is 48.5 Å². The smallest absolute Gasteiger partial charge is 0.252 e. The molecule has 0 radical (unpaired) electrons. The van der Waals surface area contributed by atoms with Crippen LogP contribution < -0.4 is 9.47 Å². The van der Waals surface area contributed by atoms with Gasteiger partial charge < -0.3 is 19.1 Å². The molecule has 1 saturated heterocycles. The molecule has 28 heavy (non-hydrogen) atoms. The molecule has 2 atom stereocenters. The molecule has 4 rings (SSSR count). The highest BCUT2D eigenvalue weighted by Gasteiger charge is 2.32. The van der Waals surface area contributed by atoms with Crippen molar-refractivity contribution in [3.8, 4) is 11.5 Å². The second-order valence-corrected chi connectivity index (χ2v) is 7.49. The van der Waals surface area contributed by atoms with Crippen LogP contribution in [0.4, 0.5) is 0 Å². The van der Waals surface area contributed by atoms with Crippen LogP contribution in [0.3, 0.4) is 0 Å². The summed E-state index contributed by atoms with van der Waals surface area (Å²) in [5.41, 5.74) is 2.27. The van der Waals surface area contributed by atoms with E-state index in [1.807, 2.05) is 29.2 Å². The Morgan fingerprint density at radius 3 is 2.79 bits per heavy atom. The highest BCUT2D eigenvalue weighted by molar-refractivity contribution is 5.81. The molecule has 0 aliphatic carbocycles. The van der Waals surface area contributed by atoms with Crippen LogP contribution >= 0.6 is 0 Å². The SMILES string of the molecule is C[C@H](CCc1ccccc1)N(Cc1cccc2c1OCO2)C(=O)[C@H]1CCCO1. The second-order valence-electron chi connectivity index (χ2n) is 7.49. The molecule has 1 amide bonds. The molecule has 2 aliphatic rings. The highest BCUT2D eigenvalue weighted by atomic mass is 16.7. The number of carbonyl (C=O) groups excluding carboxylic acids is 1. The van der Waals surface area contributed by atoms with Gasteiger partial charge >= 0.3 is 0 Å². The van der Waals surface area contributed by atoms with Gasteiger partial charge in [0.05, 0.1) is 0 Å². The van der Waals surface area contributed by atoms with Crippen molar-refractivity contribution in [3.63, 3.8) is 0 Å². The molecule has 5 nitrogen and oxygen atoms in total. The number of rotatable bonds is 7. The molecular formula is C23H27NO4. The number of aryl methyl sites for hydroxylation is 1. The summed E-state index contributed by atoms with van der Waals surface area (Å²) in [7, 11) is 0. The first kappa shape index (κ1) is 18.8. The Kier molecular flexibility index (Phi) is 5.81. The Morgan fingerprint density at radius 2 is 2.00 bits per heavy atom. The first-order valence-corrected chi connectivity index (χ1v) is 10.1. The van der Waals surface area contributed by atoms with Crippen LogP contribution in [0.1, 0.15) is 37.3 Å². The van der Waals surface area contributed by atoms with Crippen LogP contribution in [0.25, 0.3) is 0 Å². The summed E-state index contributed by atoms with van der Waals surface area (Å²) in [5, 5.41) is 0. The summed E-state index contributed by atoms with van der Waals surface area (Å²) in [5.74, 6) is 1.58. The minimum atomic E-state index is -0.326. The molecule has 1 fully saturated rings. The molecule has 2 heterocycles. The van der Waals surface area contributed by atoms with Crippen LogP contribution in [-0.2, 0) is 22.5 Å². The minimum Gasteiger partial charge on any atom is -0.454 e. The zero-order chi connectivity index (χ0) is 19.3. The molecule has 2 aromatic carbocycles. The molecule has 0 saturated carbocycles. The summed E-state index contributed by atoms with van der Waals surface area (Å²) in [6.45, 7) is 3.52. The van der Waals surface area contributed by atoms with Crippen molar-refractivity contribution in [2.45, 2.75) is 51.3 Å². The number of amides is 1. The fourth-order valence-corrected chi connectivity index (χ4v) is 3.88. The molecule has 0 unspecified atom stereocenters. The van der Waals surface area contributed by atoms with Crippen molar-refractivity contribution < 1.29 is 19.0 Å². The number of nitrogens with zero attached hydrogens (tertiary/aromatic N) is 1. The van der Waals surface area contributed by atoms with Crippen LogP contribution in [0, 0.1) is 0 Å². The predicted molar refractivity (Wildman–Crippen MR) is 106 cm³/mol. The zero-order valence-electron chi connectivity index (χ0n) is 16.3. The third-order valence-electron chi connectivity index (χ3n) is 5.53. The third-order valence-corrected chi connectivity index (χ3v) is 5.53. The summed E-state index contributed by atoms with van der Waals surface area (Å²) < 4.78 is 16.8. The number of fused-ring (bicyclic) bond motifs is 1. The van der Waals surface area contributed by atoms with E-state index in [1.54, 1.807) is 0 Å². The Balaban J connectivity index is 1.51. The molecule has 148 valence electrons. The number of benzene rings is 2. The van der Waals surface area contributed by atoms with E-state index >= 15 is 0 Å². The Hall–Kier alpha value is -2.53. The minimum absolute atomic E-state index is 0.0783. The van der Waals surface area contributed by atoms with Gasteiger partial charge in [0.1, 0.15) is 6.10 Å². The number of ether oxygens (including phenoxy) is 3. The monoisotopic (exact) mass is 381 g/mol. The van der Waals surface area contributed by atoms with Crippen molar-refractivity contribution in [3.05, 3.63) is 59.7 Å². The number of hydrogen-bond acceptors (Lipinski definition) is 4. The van der Waals surface area contributed by atoms with Crippen molar-refractivity contribution in [1.82, 2.24) is 4.90 Å². The van der Waals surface area contributed by atoms with Crippen molar-refractivity contribution in [1.29, 1.82) is 0 Å². The predicted octanol–water partition coefficient (Wildman–Crippen LogP) is 3.94. The lowest BCUT2D eigenvalue weighted by Crippen LogP contribution is -2.44. The van der Waals surface area contributed by atoms with Crippen molar-refractivity contribution in [2.24, 2.45) is 0 Å². The molecule has 0 aromatic heterocycles. The molecule has 0 spiro atoms. The normalized spacial score (nSPS) is 18.8. The van der Waals surface area contributed by atoms with E-state index in [1.165, 1.54) is 5.56 Å². The number of carbonyl (C=O) groups is 1. The van der Waals surface area contributed by atoms with Crippen LogP contribution in [0.2, 0.25) is 0 Å². The van der Waals surface area contributed by atoms with Gasteiger partial charge in [-0.05, 0) is 44.2 Å². The summed E-state index contributed by atoms with van der Waals surface area (Å²) in [4.78, 5) is 15.2. The molecule has 0 bridgehead atoms. The maximum Gasteiger partial charge on any atom is 0.252 e. The largest absolute Gasteiger partial charge is 0.454 e. The molecular weight excluding hydrogens is 354 g/mol. The van der Waals surface area contributed by atoms with Gasteiger partial charge in [0.25, 0.3) is 5.91 Å². The van der Waals surface area contributed by atoms with Gasteiger partial charge in [-0.3, -0.25) is 4.79 Å². The maximum atomic E-state index is 13.2. The van der Waals surface area contributed by atoms with E-state index in [4.69, 9.17) is 14.2 Å². The fraction of sp³-hybridized carbons (Fsp3) is 0.435. The highest BCUT2D eigenvalue weighted by Crippen LogP contribution is 2.36. The third kappa shape index (κ3) is 4.14. The standard InChI is InChI=1S/C23H27NO4/c1-17(12-13-18-7-3-2-4-8-18)24(23(25)21-11-6-14-26-21)15-19-9-5-10-20-22(19)28-16-27-20/h2-5,7-10,17,21H,6,11-16H2,1H3/t17-,21-/m1/s1. The molecule has 2 aliphatic heterocycles. The van der Waals surface area contributed by atoms with Crippen molar-refractivity contribution >= 4 is 5.91 Å². The van der Waals surface area contributed by atoms with Gasteiger partial charge in [0.2, 0.25) is 6.79 Å². The first-order chi connectivity index (χ1) is 13.7. The van der Waals surface area contributed by atoms with Crippen LogP contribution in [0.5, 0.6) is 11.5 Å². The summed E-state index contributed by atoms with van der Waals surface area (Å²) in [6, 6.07) is 16.4. The topological polar surface area (TPSA) is 48.0 Å². The lowest BCUT2D eigenvalue weighted by molar-refractivity contribution is -0.143. The van der Waals surface area contributed by atoms with Gasteiger partial charge in [-0.25, -0.2) is 0 Å². The summed E-state index contributed by atoms with van der Waals surface area (Å²) >= 11 is 0. The quantitative estimate of drug-likeness (QED) is 0.729. The fourth-order valence-electron chi connectivity index (χ4n) is 3.88. The average molecular weight is 381 g/mol. The lowest BCUT2D eigenvalue weighted by atomic mass is 10.0. The Bertz CT molecular complexity index is 802. The second kappa shape index (κ2) is 8.65. The zero-order valence-corrected chi connectivity index (χ0v) is 16.3. The van der Waals surface area contributed by atoms with Gasteiger partial charge in [-0.15, -0.1) is 0 Å². The van der Waals surface area contributed by atoms with Crippen LogP contribution in [-0.4, -0.2) is 36.4 Å². The molecule has 5 heteroatoms. The number of para-hydroxylation sites is 1. The van der Waals surface area contributed by atoms with Crippen molar-refractivity contribution in [2.75, 3.05) is 13.4 Å². The maximum absolute atomic E-state index is 13.2. The first-order valence-electron chi connectivity index (χ1n) is 10.1. The Morgan fingerprint density at radius 1 is 1.14 bits per heavy atom.